The normalized spacial score (nSPS) is 10.8. The molecule has 1 heterocycles. The van der Waals surface area contributed by atoms with Crippen molar-refractivity contribution < 1.29 is 4.79 Å². The number of hydrogen-bond donors (Lipinski definition) is 2. The third-order valence-electron chi connectivity index (χ3n) is 2.37. The number of rotatable bonds is 7. The monoisotopic (exact) mass is 265 g/mol. The Morgan fingerprint density at radius 2 is 2.16 bits per heavy atom. The van der Waals surface area contributed by atoms with E-state index in [2.05, 4.69) is 25.5 Å². The maximum Gasteiger partial charge on any atom is 0.270 e. The van der Waals surface area contributed by atoms with Crippen molar-refractivity contribution in [3.8, 4) is 0 Å². The first-order valence-corrected chi connectivity index (χ1v) is 6.51. The Bertz CT molecular complexity index is 406. The fourth-order valence-corrected chi connectivity index (χ4v) is 1.50. The number of carbonyl (C=O) groups is 1. The fraction of sp³-hybridized carbons (Fsp3) is 0.615. The number of anilines is 1. The molecule has 6 nitrogen and oxygen atoms in total. The second kappa shape index (κ2) is 7.68. The molecule has 0 fully saturated rings. The highest BCUT2D eigenvalue weighted by Crippen LogP contribution is 2.01. The molecule has 0 saturated carbocycles. The van der Waals surface area contributed by atoms with E-state index in [1.54, 1.807) is 12.3 Å². The Balaban J connectivity index is 2.50. The second-order valence-corrected chi connectivity index (χ2v) is 4.98. The summed E-state index contributed by atoms with van der Waals surface area (Å²) in [7, 11) is 4.07. The topological polar surface area (TPSA) is 70.2 Å². The summed E-state index contributed by atoms with van der Waals surface area (Å²) in [6.07, 6.45) is 2.59. The van der Waals surface area contributed by atoms with Crippen LogP contribution in [0.4, 0.5) is 5.95 Å². The molecule has 19 heavy (non-hydrogen) atoms. The third kappa shape index (κ3) is 6.15. The first-order chi connectivity index (χ1) is 8.99. The van der Waals surface area contributed by atoms with Crippen LogP contribution in [0.3, 0.4) is 0 Å². The lowest BCUT2D eigenvalue weighted by atomic mass is 10.3. The Labute approximate surface area is 114 Å². The van der Waals surface area contributed by atoms with Crippen LogP contribution in [0.1, 0.15) is 30.8 Å². The summed E-state index contributed by atoms with van der Waals surface area (Å²) < 4.78 is 0. The average Bonchev–Trinajstić information content (AvgIpc) is 2.34. The number of amides is 1. The van der Waals surface area contributed by atoms with Gasteiger partial charge in [0.25, 0.3) is 5.91 Å². The Morgan fingerprint density at radius 3 is 2.79 bits per heavy atom. The van der Waals surface area contributed by atoms with E-state index >= 15 is 0 Å². The van der Waals surface area contributed by atoms with Gasteiger partial charge in [0.15, 0.2) is 0 Å². The third-order valence-corrected chi connectivity index (χ3v) is 2.37. The molecule has 0 aliphatic rings. The van der Waals surface area contributed by atoms with Gasteiger partial charge in [0.1, 0.15) is 5.69 Å². The smallest absolute Gasteiger partial charge is 0.270 e. The van der Waals surface area contributed by atoms with Crippen molar-refractivity contribution >= 4 is 11.9 Å². The Kier molecular flexibility index (Phi) is 6.21. The molecule has 1 aromatic heterocycles. The molecule has 0 atom stereocenters. The minimum atomic E-state index is -0.172. The first-order valence-electron chi connectivity index (χ1n) is 6.51. The van der Waals surface area contributed by atoms with Crippen LogP contribution >= 0.6 is 0 Å². The van der Waals surface area contributed by atoms with Crippen LogP contribution in [0.2, 0.25) is 0 Å². The highest BCUT2D eigenvalue weighted by molar-refractivity contribution is 5.92. The van der Waals surface area contributed by atoms with Gasteiger partial charge in [0, 0.05) is 18.8 Å². The molecule has 106 valence electrons. The molecular formula is C13H23N5O. The van der Waals surface area contributed by atoms with E-state index < -0.39 is 0 Å². The lowest BCUT2D eigenvalue weighted by Crippen LogP contribution is -2.31. The van der Waals surface area contributed by atoms with Gasteiger partial charge in [-0.25, -0.2) is 9.97 Å². The molecular weight excluding hydrogens is 242 g/mol. The molecule has 1 aromatic rings. The summed E-state index contributed by atoms with van der Waals surface area (Å²) in [5, 5.41) is 5.92. The van der Waals surface area contributed by atoms with Gasteiger partial charge in [-0.3, -0.25) is 4.79 Å². The summed E-state index contributed by atoms with van der Waals surface area (Å²) >= 11 is 0. The van der Waals surface area contributed by atoms with Crippen molar-refractivity contribution in [2.24, 2.45) is 0 Å². The highest BCUT2D eigenvalue weighted by Gasteiger charge is 2.09. The van der Waals surface area contributed by atoms with Crippen LogP contribution in [0, 0.1) is 0 Å². The van der Waals surface area contributed by atoms with Gasteiger partial charge in [-0.1, -0.05) is 0 Å². The molecule has 0 aromatic carbocycles. The van der Waals surface area contributed by atoms with Gasteiger partial charge in [-0.05, 0) is 47.0 Å². The van der Waals surface area contributed by atoms with Gasteiger partial charge in [0.2, 0.25) is 5.95 Å². The van der Waals surface area contributed by atoms with Crippen molar-refractivity contribution in [2.45, 2.75) is 26.3 Å². The molecule has 0 aliphatic heterocycles. The molecule has 2 N–H and O–H groups in total. The standard InChI is InChI=1S/C13H23N5O/c1-10(2)16-12(19)11-6-8-15-13(17-11)14-7-5-9-18(3)4/h6,8,10H,5,7,9H2,1-4H3,(H,16,19)(H,14,15,17). The zero-order valence-corrected chi connectivity index (χ0v) is 12.1. The maximum absolute atomic E-state index is 11.8. The minimum absolute atomic E-state index is 0.0963. The molecule has 0 aliphatic carbocycles. The Morgan fingerprint density at radius 1 is 1.42 bits per heavy atom. The molecule has 0 bridgehead atoms. The van der Waals surface area contributed by atoms with E-state index in [-0.39, 0.29) is 11.9 Å². The molecule has 1 rings (SSSR count). The second-order valence-electron chi connectivity index (χ2n) is 4.98. The number of nitrogens with one attached hydrogen (secondary N) is 2. The zero-order chi connectivity index (χ0) is 14.3. The van der Waals surface area contributed by atoms with E-state index in [1.165, 1.54) is 0 Å². The molecule has 0 radical (unpaired) electrons. The van der Waals surface area contributed by atoms with E-state index in [9.17, 15) is 4.79 Å². The molecule has 0 unspecified atom stereocenters. The summed E-state index contributed by atoms with van der Waals surface area (Å²) in [5.74, 6) is 0.323. The van der Waals surface area contributed by atoms with E-state index in [4.69, 9.17) is 0 Å². The van der Waals surface area contributed by atoms with Gasteiger partial charge in [0.05, 0.1) is 0 Å². The SMILES string of the molecule is CC(C)NC(=O)c1ccnc(NCCCN(C)C)n1. The quantitative estimate of drug-likeness (QED) is 0.719. The number of aromatic nitrogens is 2. The Hall–Kier alpha value is -1.69. The maximum atomic E-state index is 11.8. The van der Waals surface area contributed by atoms with Crippen LogP contribution in [-0.2, 0) is 0 Å². The number of hydrogen-bond acceptors (Lipinski definition) is 5. The van der Waals surface area contributed by atoms with E-state index in [0.717, 1.165) is 19.5 Å². The van der Waals surface area contributed by atoms with Crippen LogP contribution < -0.4 is 10.6 Å². The van der Waals surface area contributed by atoms with Gasteiger partial charge >= 0.3 is 0 Å². The van der Waals surface area contributed by atoms with E-state index in [0.29, 0.717) is 11.6 Å². The first kappa shape index (κ1) is 15.4. The van der Waals surface area contributed by atoms with Crippen molar-refractivity contribution in [1.29, 1.82) is 0 Å². The average molecular weight is 265 g/mol. The van der Waals surface area contributed by atoms with Crippen LogP contribution in [-0.4, -0.2) is 54.0 Å². The highest BCUT2D eigenvalue weighted by atomic mass is 16.1. The predicted octanol–water partition coefficient (Wildman–Crippen LogP) is 0.978. The summed E-state index contributed by atoms with van der Waals surface area (Å²) in [6.45, 7) is 5.62. The largest absolute Gasteiger partial charge is 0.354 e. The van der Waals surface area contributed by atoms with E-state index in [1.807, 2.05) is 27.9 Å². The van der Waals surface area contributed by atoms with Gasteiger partial charge in [-0.2, -0.15) is 0 Å². The fourth-order valence-electron chi connectivity index (χ4n) is 1.50. The molecule has 6 heteroatoms. The molecule has 0 spiro atoms. The van der Waals surface area contributed by atoms with Crippen molar-refractivity contribution in [3.63, 3.8) is 0 Å². The lowest BCUT2D eigenvalue weighted by Gasteiger charge is -2.11. The van der Waals surface area contributed by atoms with Gasteiger partial charge < -0.3 is 15.5 Å². The number of nitrogens with zero attached hydrogens (tertiary/aromatic N) is 3. The van der Waals surface area contributed by atoms with Crippen LogP contribution in [0.15, 0.2) is 12.3 Å². The zero-order valence-electron chi connectivity index (χ0n) is 12.1. The van der Waals surface area contributed by atoms with Crippen LogP contribution in [0.25, 0.3) is 0 Å². The van der Waals surface area contributed by atoms with Crippen molar-refractivity contribution in [3.05, 3.63) is 18.0 Å². The van der Waals surface area contributed by atoms with Crippen LogP contribution in [0.5, 0.6) is 0 Å². The minimum Gasteiger partial charge on any atom is -0.354 e. The summed E-state index contributed by atoms with van der Waals surface area (Å²) in [6, 6.07) is 1.71. The lowest BCUT2D eigenvalue weighted by molar-refractivity contribution is 0.0938. The molecule has 1 amide bonds. The summed E-state index contributed by atoms with van der Waals surface area (Å²) in [5.41, 5.74) is 0.388. The molecule has 0 saturated heterocycles. The van der Waals surface area contributed by atoms with Crippen molar-refractivity contribution in [1.82, 2.24) is 20.2 Å². The predicted molar refractivity (Wildman–Crippen MR) is 76.3 cm³/mol. The van der Waals surface area contributed by atoms with Crippen molar-refractivity contribution in [2.75, 3.05) is 32.5 Å². The number of carbonyl (C=O) groups excluding carboxylic acids is 1. The van der Waals surface area contributed by atoms with Gasteiger partial charge in [-0.15, -0.1) is 0 Å². The summed E-state index contributed by atoms with van der Waals surface area (Å²) in [4.78, 5) is 22.2.